The van der Waals surface area contributed by atoms with Crippen LogP contribution in [-0.4, -0.2) is 26.5 Å². The van der Waals surface area contributed by atoms with E-state index in [9.17, 15) is 26.5 Å². The van der Waals surface area contributed by atoms with Crippen LogP contribution in [-0.2, 0) is 20.2 Å². The minimum absolute atomic E-state index is 0.000220. The second kappa shape index (κ2) is 6.73. The van der Waals surface area contributed by atoms with Crippen LogP contribution in [0.5, 0.6) is 11.5 Å². The Kier molecular flexibility index (Phi) is 4.45. The van der Waals surface area contributed by atoms with E-state index in [0.29, 0.717) is 5.39 Å². The van der Waals surface area contributed by atoms with Crippen molar-refractivity contribution in [3.8, 4) is 11.5 Å². The lowest BCUT2D eigenvalue weighted by atomic mass is 10.1. The molecule has 0 aliphatic rings. The van der Waals surface area contributed by atoms with Crippen molar-refractivity contribution >= 4 is 41.8 Å². The Labute approximate surface area is 166 Å². The number of aromatic hydroxyl groups is 1. The lowest BCUT2D eigenvalue weighted by Gasteiger charge is -2.11. The summed E-state index contributed by atoms with van der Waals surface area (Å²) in [6, 6.07) is 17.3. The predicted molar refractivity (Wildman–Crippen MR) is 107 cm³/mol. The predicted octanol–water partition coefficient (Wildman–Crippen LogP) is 3.71. The molecular formula is C20H14O7S2. The molecular weight excluding hydrogens is 416 g/mol. The van der Waals surface area contributed by atoms with Crippen LogP contribution in [0.3, 0.4) is 0 Å². The van der Waals surface area contributed by atoms with Gasteiger partial charge >= 0.3 is 10.1 Å². The van der Waals surface area contributed by atoms with Crippen molar-refractivity contribution in [2.45, 2.75) is 9.79 Å². The third-order valence-electron chi connectivity index (χ3n) is 4.40. The summed E-state index contributed by atoms with van der Waals surface area (Å²) in [6.07, 6.45) is 0. The van der Waals surface area contributed by atoms with E-state index in [4.69, 9.17) is 4.18 Å². The number of phenols is 1. The number of hydrogen-bond acceptors (Lipinski definition) is 6. The monoisotopic (exact) mass is 430 g/mol. The Morgan fingerprint density at radius 2 is 1.41 bits per heavy atom. The van der Waals surface area contributed by atoms with E-state index in [-0.39, 0.29) is 32.1 Å². The minimum Gasteiger partial charge on any atom is -0.508 e. The van der Waals surface area contributed by atoms with Crippen LogP contribution in [0.1, 0.15) is 0 Å². The molecule has 0 amide bonds. The van der Waals surface area contributed by atoms with E-state index in [1.165, 1.54) is 60.7 Å². The topological polar surface area (TPSA) is 118 Å². The third-order valence-corrected chi connectivity index (χ3v) is 6.55. The van der Waals surface area contributed by atoms with Gasteiger partial charge in [-0.05, 0) is 47.2 Å². The van der Waals surface area contributed by atoms with Gasteiger partial charge in [0.2, 0.25) is 0 Å². The summed E-state index contributed by atoms with van der Waals surface area (Å²) in [4.78, 5) is -0.474. The molecule has 9 heteroatoms. The molecule has 7 nitrogen and oxygen atoms in total. The van der Waals surface area contributed by atoms with Gasteiger partial charge < -0.3 is 9.29 Å². The molecule has 0 atom stereocenters. The largest absolute Gasteiger partial charge is 0.508 e. The van der Waals surface area contributed by atoms with Crippen molar-refractivity contribution in [3.05, 3.63) is 72.8 Å². The van der Waals surface area contributed by atoms with Gasteiger partial charge in [0, 0.05) is 10.8 Å². The summed E-state index contributed by atoms with van der Waals surface area (Å²) >= 11 is 0. The summed E-state index contributed by atoms with van der Waals surface area (Å²) < 4.78 is 63.5. The minimum atomic E-state index is -4.50. The highest BCUT2D eigenvalue weighted by Gasteiger charge is 2.21. The van der Waals surface area contributed by atoms with Gasteiger partial charge in [0.05, 0.1) is 0 Å². The standard InChI is InChI=1S/C20H14O7S2/c21-15-9-7-13-8-10-16(12-14(13)11-15)29(25,26)27-19-5-1-4-18-17(19)3-2-6-20(18)28(22,23)24/h1-12,21H,(H,22,23,24). The first-order valence-electron chi connectivity index (χ1n) is 8.32. The summed E-state index contributed by atoms with van der Waals surface area (Å²) in [7, 11) is -8.75. The average Bonchev–Trinajstić information content (AvgIpc) is 2.66. The molecule has 0 aliphatic heterocycles. The molecule has 148 valence electrons. The lowest BCUT2D eigenvalue weighted by molar-refractivity contribution is 0.476. The average molecular weight is 430 g/mol. The molecule has 4 aromatic carbocycles. The van der Waals surface area contributed by atoms with Gasteiger partial charge in [-0.2, -0.15) is 16.8 Å². The number of benzene rings is 4. The summed E-state index contributed by atoms with van der Waals surface area (Å²) in [6.45, 7) is 0. The molecule has 0 heterocycles. The molecule has 0 fully saturated rings. The maximum Gasteiger partial charge on any atom is 0.339 e. The SMILES string of the molecule is O=S(=O)(O)c1cccc2c(OS(=O)(=O)c3ccc4ccc(O)cc4c3)cccc12. The van der Waals surface area contributed by atoms with Gasteiger partial charge in [0.1, 0.15) is 15.5 Å². The van der Waals surface area contributed by atoms with Crippen molar-refractivity contribution in [1.29, 1.82) is 0 Å². The second-order valence-corrected chi connectivity index (χ2v) is 9.25. The fraction of sp³-hybridized carbons (Fsp3) is 0. The van der Waals surface area contributed by atoms with E-state index >= 15 is 0 Å². The Hall–Kier alpha value is -3.14. The van der Waals surface area contributed by atoms with Gasteiger partial charge in [-0.25, -0.2) is 0 Å². The zero-order valence-corrected chi connectivity index (χ0v) is 16.3. The third kappa shape index (κ3) is 3.63. The van der Waals surface area contributed by atoms with Crippen molar-refractivity contribution in [3.63, 3.8) is 0 Å². The van der Waals surface area contributed by atoms with Crippen LogP contribution in [0.25, 0.3) is 21.5 Å². The van der Waals surface area contributed by atoms with Crippen molar-refractivity contribution in [1.82, 2.24) is 0 Å². The molecule has 0 unspecified atom stereocenters. The van der Waals surface area contributed by atoms with Crippen molar-refractivity contribution in [2.75, 3.05) is 0 Å². The first kappa shape index (κ1) is 19.2. The highest BCUT2D eigenvalue weighted by atomic mass is 32.2. The normalized spacial score (nSPS) is 12.3. The van der Waals surface area contributed by atoms with Crippen molar-refractivity contribution < 1.29 is 30.7 Å². The number of phenolic OH excluding ortho intramolecular Hbond substituents is 1. The number of rotatable bonds is 4. The molecule has 0 aromatic heterocycles. The van der Waals surface area contributed by atoms with Crippen molar-refractivity contribution in [2.24, 2.45) is 0 Å². The zero-order valence-electron chi connectivity index (χ0n) is 14.7. The van der Waals surface area contributed by atoms with E-state index < -0.39 is 20.2 Å². The number of hydrogen-bond donors (Lipinski definition) is 2. The lowest BCUT2D eigenvalue weighted by Crippen LogP contribution is -2.10. The first-order valence-corrected chi connectivity index (χ1v) is 11.2. The Balaban J connectivity index is 1.82. The highest BCUT2D eigenvalue weighted by molar-refractivity contribution is 7.87. The smallest absolute Gasteiger partial charge is 0.339 e. The van der Waals surface area contributed by atoms with E-state index in [2.05, 4.69) is 0 Å². The van der Waals surface area contributed by atoms with Gasteiger partial charge in [0.15, 0.2) is 5.75 Å². The molecule has 4 aromatic rings. The second-order valence-electron chi connectivity index (χ2n) is 6.31. The fourth-order valence-corrected chi connectivity index (χ4v) is 4.77. The molecule has 2 N–H and O–H groups in total. The maximum absolute atomic E-state index is 12.8. The summed E-state index contributed by atoms with van der Waals surface area (Å²) in [5.41, 5.74) is 0. The Bertz CT molecular complexity index is 1470. The van der Waals surface area contributed by atoms with Gasteiger partial charge in [-0.15, -0.1) is 0 Å². The molecule has 29 heavy (non-hydrogen) atoms. The van der Waals surface area contributed by atoms with E-state index in [1.807, 2.05) is 0 Å². The van der Waals surface area contributed by atoms with Crippen LogP contribution < -0.4 is 4.18 Å². The molecule has 4 rings (SSSR count). The molecule has 0 spiro atoms. The Morgan fingerprint density at radius 1 is 0.724 bits per heavy atom. The van der Waals surface area contributed by atoms with Crippen LogP contribution in [0.4, 0.5) is 0 Å². The van der Waals surface area contributed by atoms with Gasteiger partial charge in [0.25, 0.3) is 10.1 Å². The molecule has 0 saturated carbocycles. The van der Waals surface area contributed by atoms with Gasteiger partial charge in [-0.3, -0.25) is 4.55 Å². The van der Waals surface area contributed by atoms with Crippen LogP contribution in [0.15, 0.2) is 82.6 Å². The van der Waals surface area contributed by atoms with E-state index in [1.54, 1.807) is 12.1 Å². The van der Waals surface area contributed by atoms with Crippen LogP contribution in [0.2, 0.25) is 0 Å². The van der Waals surface area contributed by atoms with Gasteiger partial charge in [-0.1, -0.05) is 36.4 Å². The zero-order chi connectivity index (χ0) is 20.8. The quantitative estimate of drug-likeness (QED) is 0.374. The number of fused-ring (bicyclic) bond motifs is 2. The molecule has 0 radical (unpaired) electrons. The van der Waals surface area contributed by atoms with Crippen LogP contribution in [0, 0.1) is 0 Å². The highest BCUT2D eigenvalue weighted by Crippen LogP contribution is 2.32. The first-order chi connectivity index (χ1) is 13.6. The molecule has 0 saturated heterocycles. The van der Waals surface area contributed by atoms with E-state index in [0.717, 1.165) is 5.39 Å². The fourth-order valence-electron chi connectivity index (χ4n) is 3.08. The summed E-state index contributed by atoms with van der Waals surface area (Å²) in [5.74, 6) is -0.0798. The molecule has 0 aliphatic carbocycles. The molecule has 0 bridgehead atoms. The maximum atomic E-state index is 12.8. The van der Waals surface area contributed by atoms with Crippen LogP contribution >= 0.6 is 0 Å². The Morgan fingerprint density at radius 3 is 2.17 bits per heavy atom. The summed E-state index contributed by atoms with van der Waals surface area (Å²) in [5, 5.41) is 11.2.